The summed E-state index contributed by atoms with van der Waals surface area (Å²) in [6, 6.07) is 18.6. The first-order valence-corrected chi connectivity index (χ1v) is 10.9. The summed E-state index contributed by atoms with van der Waals surface area (Å²) >= 11 is 0. The van der Waals surface area contributed by atoms with Crippen molar-refractivity contribution in [3.8, 4) is 17.2 Å². The van der Waals surface area contributed by atoms with Crippen molar-refractivity contribution in [2.24, 2.45) is 0 Å². The maximum atomic E-state index is 13.3. The third kappa shape index (κ3) is 3.55. The number of carbonyl (C=O) groups excluding carboxylic acids is 2. The number of anilines is 1. The number of aliphatic hydroxyl groups excluding tert-OH is 1. The minimum absolute atomic E-state index is 0.0202. The topological polar surface area (TPSA) is 85.3 Å². The summed E-state index contributed by atoms with van der Waals surface area (Å²) in [7, 11) is 1.56. The third-order valence-corrected chi connectivity index (χ3v) is 6.09. The number of fused-ring (bicyclic) bond motifs is 1. The van der Waals surface area contributed by atoms with Crippen molar-refractivity contribution in [2.45, 2.75) is 13.0 Å². The molecule has 1 atom stereocenters. The van der Waals surface area contributed by atoms with E-state index in [1.54, 1.807) is 49.6 Å². The minimum atomic E-state index is -0.803. The Morgan fingerprint density at radius 2 is 1.68 bits per heavy atom. The molecule has 5 rings (SSSR count). The molecule has 2 aliphatic rings. The number of ketones is 1. The van der Waals surface area contributed by atoms with Crippen molar-refractivity contribution in [2.75, 3.05) is 25.2 Å². The van der Waals surface area contributed by atoms with Gasteiger partial charge in [0.15, 0.2) is 11.5 Å². The number of aliphatic hydroxyl groups is 1. The van der Waals surface area contributed by atoms with Gasteiger partial charge in [-0.2, -0.15) is 0 Å². The van der Waals surface area contributed by atoms with Gasteiger partial charge in [0.05, 0.1) is 18.7 Å². The van der Waals surface area contributed by atoms with Crippen LogP contribution in [0.3, 0.4) is 0 Å². The van der Waals surface area contributed by atoms with Crippen LogP contribution in [0.1, 0.15) is 22.7 Å². The number of benzene rings is 3. The number of Topliss-reactive ketones (excluding diaryl/α,β-unsaturated/α-hetero) is 1. The van der Waals surface area contributed by atoms with Gasteiger partial charge in [0.25, 0.3) is 11.7 Å². The normalized spacial score (nSPS) is 18.8. The Balaban J connectivity index is 1.69. The minimum Gasteiger partial charge on any atom is -0.507 e. The number of amides is 1. The van der Waals surface area contributed by atoms with E-state index >= 15 is 0 Å². The lowest BCUT2D eigenvalue weighted by molar-refractivity contribution is -0.132. The molecule has 0 bridgehead atoms. The van der Waals surface area contributed by atoms with E-state index in [9.17, 15) is 14.7 Å². The highest BCUT2D eigenvalue weighted by Crippen LogP contribution is 2.44. The third-order valence-electron chi connectivity index (χ3n) is 6.09. The predicted molar refractivity (Wildman–Crippen MR) is 126 cm³/mol. The number of carbonyl (C=O) groups is 2. The lowest BCUT2D eigenvalue weighted by Crippen LogP contribution is -2.29. The fourth-order valence-corrected chi connectivity index (χ4v) is 4.38. The Kier molecular flexibility index (Phi) is 5.45. The Morgan fingerprint density at radius 1 is 0.971 bits per heavy atom. The highest BCUT2D eigenvalue weighted by atomic mass is 16.6. The lowest BCUT2D eigenvalue weighted by Gasteiger charge is -2.27. The average molecular weight is 457 g/mol. The summed E-state index contributed by atoms with van der Waals surface area (Å²) < 4.78 is 16.4. The van der Waals surface area contributed by atoms with Crippen molar-refractivity contribution in [1.29, 1.82) is 0 Å². The van der Waals surface area contributed by atoms with E-state index < -0.39 is 17.7 Å². The zero-order chi connectivity index (χ0) is 23.8. The van der Waals surface area contributed by atoms with Gasteiger partial charge in [0.2, 0.25) is 0 Å². The van der Waals surface area contributed by atoms with Crippen LogP contribution in [0.4, 0.5) is 5.69 Å². The van der Waals surface area contributed by atoms with Crippen LogP contribution in [0.15, 0.2) is 72.3 Å². The number of aryl methyl sites for hydroxylation is 1. The van der Waals surface area contributed by atoms with Crippen LogP contribution in [0.25, 0.3) is 5.76 Å². The summed E-state index contributed by atoms with van der Waals surface area (Å²) in [6.45, 7) is 2.74. The molecule has 3 aromatic rings. The first-order valence-electron chi connectivity index (χ1n) is 10.9. The summed E-state index contributed by atoms with van der Waals surface area (Å²) in [5.74, 6) is -0.0540. The van der Waals surface area contributed by atoms with Gasteiger partial charge in [0, 0.05) is 11.3 Å². The number of hydrogen-bond donors (Lipinski definition) is 1. The first kappa shape index (κ1) is 21.6. The molecule has 2 aliphatic heterocycles. The van der Waals surface area contributed by atoms with Crippen molar-refractivity contribution in [1.82, 2.24) is 0 Å². The molecule has 172 valence electrons. The molecular weight excluding hydrogens is 434 g/mol. The number of ether oxygens (including phenoxy) is 3. The Morgan fingerprint density at radius 3 is 2.38 bits per heavy atom. The van der Waals surface area contributed by atoms with Gasteiger partial charge in [-0.25, -0.2) is 0 Å². The van der Waals surface area contributed by atoms with Crippen LogP contribution in [0.2, 0.25) is 0 Å². The molecular formula is C27H23NO6. The van der Waals surface area contributed by atoms with Gasteiger partial charge < -0.3 is 19.3 Å². The summed E-state index contributed by atoms with van der Waals surface area (Å²) in [5.41, 5.74) is 2.55. The largest absolute Gasteiger partial charge is 0.507 e. The molecule has 7 heteroatoms. The highest BCUT2D eigenvalue weighted by molar-refractivity contribution is 6.51. The van der Waals surface area contributed by atoms with Crippen LogP contribution in [0, 0.1) is 6.92 Å². The second-order valence-corrected chi connectivity index (χ2v) is 8.08. The van der Waals surface area contributed by atoms with Crippen LogP contribution < -0.4 is 19.1 Å². The maximum absolute atomic E-state index is 13.3. The van der Waals surface area contributed by atoms with E-state index in [2.05, 4.69) is 0 Å². The van der Waals surface area contributed by atoms with Crippen LogP contribution in [-0.2, 0) is 9.59 Å². The first-order chi connectivity index (χ1) is 16.5. The Bertz CT molecular complexity index is 1310. The molecule has 1 saturated heterocycles. The average Bonchev–Trinajstić information content (AvgIpc) is 3.13. The van der Waals surface area contributed by atoms with Gasteiger partial charge in [-0.1, -0.05) is 24.3 Å². The van der Waals surface area contributed by atoms with E-state index in [1.807, 2.05) is 31.2 Å². The zero-order valence-electron chi connectivity index (χ0n) is 18.8. The Hall–Kier alpha value is -4.26. The summed E-state index contributed by atoms with van der Waals surface area (Å²) in [5, 5.41) is 11.3. The van der Waals surface area contributed by atoms with Gasteiger partial charge >= 0.3 is 0 Å². The molecule has 1 fully saturated rings. The molecule has 0 spiro atoms. The van der Waals surface area contributed by atoms with Crippen LogP contribution >= 0.6 is 0 Å². The molecule has 7 nitrogen and oxygen atoms in total. The zero-order valence-corrected chi connectivity index (χ0v) is 18.8. The SMILES string of the molecule is COc1ccc(N2C(=O)C(=O)/C(=C(/O)c3ccc4c(c3)OCCO4)C2c2ccccc2C)cc1. The molecule has 0 aliphatic carbocycles. The number of rotatable bonds is 4. The van der Waals surface area contributed by atoms with E-state index in [4.69, 9.17) is 14.2 Å². The van der Waals surface area contributed by atoms with Crippen LogP contribution in [0.5, 0.6) is 17.2 Å². The van der Waals surface area contributed by atoms with Gasteiger partial charge in [-0.05, 0) is 60.5 Å². The standard InChI is InChI=1S/C27H23NO6/c1-16-5-3-4-6-20(16)24-23(25(29)17-7-12-21-22(15-17)34-14-13-33-21)26(30)27(31)28(24)18-8-10-19(32-2)11-9-18/h3-12,15,24,29H,13-14H2,1-2H3/b25-23+. The fraction of sp³-hybridized carbons (Fsp3) is 0.185. The lowest BCUT2D eigenvalue weighted by atomic mass is 9.92. The molecule has 1 N–H and O–H groups in total. The number of nitrogens with zero attached hydrogens (tertiary/aromatic N) is 1. The quantitative estimate of drug-likeness (QED) is 0.355. The van der Waals surface area contributed by atoms with Gasteiger partial charge in [0.1, 0.15) is 24.7 Å². The maximum Gasteiger partial charge on any atom is 0.300 e. The number of methoxy groups -OCH3 is 1. The van der Waals surface area contributed by atoms with Crippen molar-refractivity contribution < 1.29 is 28.9 Å². The van der Waals surface area contributed by atoms with E-state index in [0.717, 1.165) is 11.1 Å². The van der Waals surface area contributed by atoms with E-state index in [1.165, 1.54) is 4.90 Å². The fourth-order valence-electron chi connectivity index (χ4n) is 4.38. The van der Waals surface area contributed by atoms with E-state index in [0.29, 0.717) is 41.7 Å². The molecule has 2 heterocycles. The molecule has 3 aromatic carbocycles. The van der Waals surface area contributed by atoms with Crippen molar-refractivity contribution >= 4 is 23.1 Å². The van der Waals surface area contributed by atoms with Gasteiger partial charge in [-0.3, -0.25) is 14.5 Å². The van der Waals surface area contributed by atoms with E-state index in [-0.39, 0.29) is 11.3 Å². The van der Waals surface area contributed by atoms with Gasteiger partial charge in [-0.15, -0.1) is 0 Å². The molecule has 0 saturated carbocycles. The Labute approximate surface area is 196 Å². The van der Waals surface area contributed by atoms with Crippen molar-refractivity contribution in [3.05, 3.63) is 89.0 Å². The molecule has 0 radical (unpaired) electrons. The summed E-state index contributed by atoms with van der Waals surface area (Å²) in [6.07, 6.45) is 0. The molecule has 1 amide bonds. The van der Waals surface area contributed by atoms with Crippen molar-refractivity contribution in [3.63, 3.8) is 0 Å². The second-order valence-electron chi connectivity index (χ2n) is 8.08. The number of hydrogen-bond acceptors (Lipinski definition) is 6. The smallest absolute Gasteiger partial charge is 0.300 e. The molecule has 0 aromatic heterocycles. The monoisotopic (exact) mass is 457 g/mol. The second kappa shape index (κ2) is 8.59. The predicted octanol–water partition coefficient (Wildman–Crippen LogP) is 4.40. The molecule has 1 unspecified atom stereocenters. The highest BCUT2D eigenvalue weighted by Gasteiger charge is 2.47. The summed E-state index contributed by atoms with van der Waals surface area (Å²) in [4.78, 5) is 28.0. The van der Waals surface area contributed by atoms with Crippen LogP contribution in [-0.4, -0.2) is 37.1 Å². The molecule has 34 heavy (non-hydrogen) atoms.